The van der Waals surface area contributed by atoms with Crippen molar-refractivity contribution in [1.29, 1.82) is 0 Å². The molecule has 0 radical (unpaired) electrons. The zero-order valence-corrected chi connectivity index (χ0v) is 8.99. The summed E-state index contributed by atoms with van der Waals surface area (Å²) in [5.74, 6) is -0.675. The van der Waals surface area contributed by atoms with E-state index in [4.69, 9.17) is 10.5 Å². The molecule has 2 aromatic carbocycles. The predicted molar refractivity (Wildman–Crippen MR) is 60.8 cm³/mol. The van der Waals surface area contributed by atoms with Crippen LogP contribution in [0.5, 0.6) is 11.5 Å². The first-order valence-electron chi connectivity index (χ1n) is 5.12. The Morgan fingerprint density at radius 1 is 0.882 bits per heavy atom. The molecule has 0 aliphatic rings. The Balaban J connectivity index is 2.37. The standard InChI is InChI=1S/C13H11F2NO/c14-10-5-3-7-12(9(10)8-16)17-13-6-2-1-4-11(13)15/h1-7H,8,16H2. The third kappa shape index (κ3) is 2.42. The molecule has 0 saturated heterocycles. The number of benzene rings is 2. The van der Waals surface area contributed by atoms with E-state index in [9.17, 15) is 8.78 Å². The molecule has 0 atom stereocenters. The summed E-state index contributed by atoms with van der Waals surface area (Å²) in [5.41, 5.74) is 5.66. The monoisotopic (exact) mass is 235 g/mol. The maximum absolute atomic E-state index is 13.4. The van der Waals surface area contributed by atoms with Gasteiger partial charge < -0.3 is 10.5 Å². The first kappa shape index (κ1) is 11.5. The summed E-state index contributed by atoms with van der Waals surface area (Å²) in [4.78, 5) is 0. The molecule has 4 heteroatoms. The second kappa shape index (κ2) is 4.93. The molecule has 0 amide bonds. The van der Waals surface area contributed by atoms with Crippen molar-refractivity contribution in [3.8, 4) is 11.5 Å². The molecule has 0 bridgehead atoms. The third-order valence-electron chi connectivity index (χ3n) is 2.34. The number of ether oxygens (including phenoxy) is 1. The number of hydrogen-bond donors (Lipinski definition) is 1. The van der Waals surface area contributed by atoms with Gasteiger partial charge in [-0.15, -0.1) is 0 Å². The van der Waals surface area contributed by atoms with E-state index in [1.54, 1.807) is 18.2 Å². The molecule has 0 heterocycles. The van der Waals surface area contributed by atoms with Gasteiger partial charge in [0.25, 0.3) is 0 Å². The predicted octanol–water partition coefficient (Wildman–Crippen LogP) is 3.22. The fourth-order valence-electron chi connectivity index (χ4n) is 1.48. The molecule has 0 spiro atoms. The van der Waals surface area contributed by atoms with Crippen molar-refractivity contribution in [2.75, 3.05) is 0 Å². The molecule has 0 aliphatic carbocycles. The molecular formula is C13H11F2NO. The third-order valence-corrected chi connectivity index (χ3v) is 2.34. The van der Waals surface area contributed by atoms with Crippen molar-refractivity contribution in [2.45, 2.75) is 6.54 Å². The molecule has 0 unspecified atom stereocenters. The molecule has 0 aliphatic heterocycles. The van der Waals surface area contributed by atoms with Gasteiger partial charge in [0.15, 0.2) is 11.6 Å². The van der Waals surface area contributed by atoms with E-state index in [0.29, 0.717) is 0 Å². The highest BCUT2D eigenvalue weighted by Crippen LogP contribution is 2.28. The maximum Gasteiger partial charge on any atom is 0.165 e. The number of hydrogen-bond acceptors (Lipinski definition) is 2. The molecule has 0 saturated carbocycles. The summed E-state index contributed by atoms with van der Waals surface area (Å²) in [6.45, 7) is -0.00351. The van der Waals surface area contributed by atoms with Crippen LogP contribution in [0.15, 0.2) is 42.5 Å². The molecule has 2 N–H and O–H groups in total. The van der Waals surface area contributed by atoms with Crippen molar-refractivity contribution < 1.29 is 13.5 Å². The molecule has 2 aromatic rings. The topological polar surface area (TPSA) is 35.2 Å². The summed E-state index contributed by atoms with van der Waals surface area (Å²) in [6.07, 6.45) is 0. The summed E-state index contributed by atoms with van der Waals surface area (Å²) in [6, 6.07) is 10.3. The highest BCUT2D eigenvalue weighted by Gasteiger charge is 2.10. The van der Waals surface area contributed by atoms with Gasteiger partial charge >= 0.3 is 0 Å². The van der Waals surface area contributed by atoms with Gasteiger partial charge in [0, 0.05) is 12.1 Å². The second-order valence-electron chi connectivity index (χ2n) is 3.45. The van der Waals surface area contributed by atoms with Crippen LogP contribution in [-0.4, -0.2) is 0 Å². The zero-order chi connectivity index (χ0) is 12.3. The lowest BCUT2D eigenvalue weighted by Gasteiger charge is -2.10. The molecule has 2 rings (SSSR count). The fourth-order valence-corrected chi connectivity index (χ4v) is 1.48. The van der Waals surface area contributed by atoms with E-state index in [2.05, 4.69) is 0 Å². The average Bonchev–Trinajstić information content (AvgIpc) is 2.32. The SMILES string of the molecule is NCc1c(F)cccc1Oc1ccccc1F. The van der Waals surface area contributed by atoms with Crippen LogP contribution < -0.4 is 10.5 Å². The number of para-hydroxylation sites is 1. The van der Waals surface area contributed by atoms with E-state index >= 15 is 0 Å². The van der Waals surface area contributed by atoms with Crippen molar-refractivity contribution >= 4 is 0 Å². The van der Waals surface area contributed by atoms with E-state index in [0.717, 1.165) is 0 Å². The number of halogens is 2. The smallest absolute Gasteiger partial charge is 0.165 e. The van der Waals surface area contributed by atoms with Gasteiger partial charge in [0.1, 0.15) is 11.6 Å². The average molecular weight is 235 g/mol. The van der Waals surface area contributed by atoms with E-state index in [1.807, 2.05) is 0 Å². The second-order valence-corrected chi connectivity index (χ2v) is 3.45. The van der Waals surface area contributed by atoms with Crippen LogP contribution >= 0.6 is 0 Å². The van der Waals surface area contributed by atoms with E-state index < -0.39 is 11.6 Å². The van der Waals surface area contributed by atoms with Crippen LogP contribution in [0.3, 0.4) is 0 Å². The van der Waals surface area contributed by atoms with Crippen molar-refractivity contribution in [3.63, 3.8) is 0 Å². The van der Waals surface area contributed by atoms with Gasteiger partial charge in [0.05, 0.1) is 0 Å². The van der Waals surface area contributed by atoms with Crippen LogP contribution in [0.1, 0.15) is 5.56 Å². The van der Waals surface area contributed by atoms with E-state index in [-0.39, 0.29) is 23.6 Å². The van der Waals surface area contributed by atoms with Gasteiger partial charge in [0.2, 0.25) is 0 Å². The lowest BCUT2D eigenvalue weighted by molar-refractivity contribution is 0.432. The van der Waals surface area contributed by atoms with Crippen LogP contribution in [0.25, 0.3) is 0 Å². The largest absolute Gasteiger partial charge is 0.454 e. The van der Waals surface area contributed by atoms with Gasteiger partial charge in [-0.05, 0) is 24.3 Å². The van der Waals surface area contributed by atoms with Crippen LogP contribution in [0.4, 0.5) is 8.78 Å². The Labute approximate surface area is 97.6 Å². The minimum Gasteiger partial charge on any atom is -0.454 e. The Morgan fingerprint density at radius 2 is 1.53 bits per heavy atom. The molecule has 0 aromatic heterocycles. The van der Waals surface area contributed by atoms with Gasteiger partial charge in [-0.2, -0.15) is 0 Å². The van der Waals surface area contributed by atoms with Crippen LogP contribution in [0.2, 0.25) is 0 Å². The number of nitrogens with two attached hydrogens (primary N) is 1. The first-order chi connectivity index (χ1) is 8.22. The molecular weight excluding hydrogens is 224 g/mol. The molecule has 17 heavy (non-hydrogen) atoms. The van der Waals surface area contributed by atoms with E-state index in [1.165, 1.54) is 24.3 Å². The zero-order valence-electron chi connectivity index (χ0n) is 8.99. The van der Waals surface area contributed by atoms with Crippen molar-refractivity contribution in [2.24, 2.45) is 5.73 Å². The van der Waals surface area contributed by atoms with Crippen molar-refractivity contribution in [1.82, 2.24) is 0 Å². The quantitative estimate of drug-likeness (QED) is 0.886. The van der Waals surface area contributed by atoms with Gasteiger partial charge in [-0.3, -0.25) is 0 Å². The molecule has 88 valence electrons. The lowest BCUT2D eigenvalue weighted by atomic mass is 10.2. The normalized spacial score (nSPS) is 10.3. The summed E-state index contributed by atoms with van der Waals surface area (Å²) < 4.78 is 32.1. The van der Waals surface area contributed by atoms with Crippen LogP contribution in [-0.2, 0) is 6.54 Å². The summed E-state index contributed by atoms with van der Waals surface area (Å²) in [7, 11) is 0. The Hall–Kier alpha value is -1.94. The lowest BCUT2D eigenvalue weighted by Crippen LogP contribution is -2.02. The van der Waals surface area contributed by atoms with Crippen molar-refractivity contribution in [3.05, 3.63) is 59.7 Å². The fraction of sp³-hybridized carbons (Fsp3) is 0.0769. The van der Waals surface area contributed by atoms with Gasteiger partial charge in [-0.25, -0.2) is 8.78 Å². The molecule has 0 fully saturated rings. The minimum absolute atomic E-state index is 0.00351. The Kier molecular flexibility index (Phi) is 3.35. The highest BCUT2D eigenvalue weighted by molar-refractivity contribution is 5.39. The summed E-state index contributed by atoms with van der Waals surface area (Å²) >= 11 is 0. The molecule has 2 nitrogen and oxygen atoms in total. The maximum atomic E-state index is 13.4. The number of rotatable bonds is 3. The minimum atomic E-state index is -0.500. The Bertz CT molecular complexity index is 529. The van der Waals surface area contributed by atoms with Gasteiger partial charge in [-0.1, -0.05) is 18.2 Å². The highest BCUT2D eigenvalue weighted by atomic mass is 19.1. The Morgan fingerprint density at radius 3 is 2.24 bits per heavy atom. The van der Waals surface area contributed by atoms with Crippen LogP contribution in [0, 0.1) is 11.6 Å². The first-order valence-corrected chi connectivity index (χ1v) is 5.12. The summed E-state index contributed by atoms with van der Waals surface area (Å²) in [5, 5.41) is 0.